The van der Waals surface area contributed by atoms with Crippen molar-refractivity contribution in [2.75, 3.05) is 6.54 Å². The number of benzene rings is 1. The van der Waals surface area contributed by atoms with Gasteiger partial charge in [-0.25, -0.2) is 0 Å². The van der Waals surface area contributed by atoms with Gasteiger partial charge in [-0.1, -0.05) is 36.8 Å². The van der Waals surface area contributed by atoms with Gasteiger partial charge in [-0.2, -0.15) is 5.10 Å². The van der Waals surface area contributed by atoms with Crippen LogP contribution in [0.4, 0.5) is 0 Å². The molecular weight excluding hydrogens is 308 g/mol. The summed E-state index contributed by atoms with van der Waals surface area (Å²) in [6.45, 7) is 2.97. The second kappa shape index (κ2) is 7.62. The smallest absolute Gasteiger partial charge is 0.0659 e. The van der Waals surface area contributed by atoms with Crippen molar-refractivity contribution in [3.63, 3.8) is 0 Å². The number of piperidine rings is 1. The Kier molecular flexibility index (Phi) is 4.89. The average molecular weight is 332 g/mol. The molecule has 1 fully saturated rings. The van der Waals surface area contributed by atoms with Crippen molar-refractivity contribution in [2.45, 2.75) is 38.4 Å². The zero-order valence-corrected chi connectivity index (χ0v) is 14.5. The molecule has 0 bridgehead atoms. The van der Waals surface area contributed by atoms with E-state index in [0.717, 1.165) is 19.6 Å². The van der Waals surface area contributed by atoms with Crippen LogP contribution in [0.5, 0.6) is 0 Å². The summed E-state index contributed by atoms with van der Waals surface area (Å²) in [6.07, 6.45) is 9.50. The van der Waals surface area contributed by atoms with Crippen LogP contribution in [-0.2, 0) is 13.1 Å². The van der Waals surface area contributed by atoms with Crippen LogP contribution in [0.25, 0.3) is 0 Å². The number of pyridine rings is 1. The Labute approximate surface area is 149 Å². The summed E-state index contributed by atoms with van der Waals surface area (Å²) in [6, 6.07) is 17.6. The minimum atomic E-state index is 0.443. The lowest BCUT2D eigenvalue weighted by atomic mass is 9.98. The third kappa shape index (κ3) is 3.97. The lowest BCUT2D eigenvalue weighted by molar-refractivity contribution is 0.137. The second-order valence-electron chi connectivity index (χ2n) is 6.76. The molecule has 0 aliphatic carbocycles. The Morgan fingerprint density at radius 3 is 2.44 bits per heavy atom. The van der Waals surface area contributed by atoms with Crippen LogP contribution in [-0.4, -0.2) is 26.2 Å². The van der Waals surface area contributed by atoms with Gasteiger partial charge in [-0.15, -0.1) is 0 Å². The molecule has 0 saturated carbocycles. The minimum absolute atomic E-state index is 0.443. The Hall–Kier alpha value is -2.46. The van der Waals surface area contributed by atoms with E-state index < -0.39 is 0 Å². The molecule has 25 heavy (non-hydrogen) atoms. The Balaban J connectivity index is 1.44. The maximum absolute atomic E-state index is 4.60. The molecule has 4 heteroatoms. The molecule has 4 nitrogen and oxygen atoms in total. The quantitative estimate of drug-likeness (QED) is 0.707. The van der Waals surface area contributed by atoms with Crippen molar-refractivity contribution >= 4 is 0 Å². The van der Waals surface area contributed by atoms with Gasteiger partial charge in [0, 0.05) is 25.1 Å². The van der Waals surface area contributed by atoms with E-state index in [4.69, 9.17) is 0 Å². The largest absolute Gasteiger partial charge is 0.291 e. The van der Waals surface area contributed by atoms with Crippen LogP contribution in [0.15, 0.2) is 67.1 Å². The molecule has 1 aromatic carbocycles. The van der Waals surface area contributed by atoms with Gasteiger partial charge in [-0.3, -0.25) is 14.6 Å². The SMILES string of the molecule is c1ccc(C2CCCCN2Cc2ccc(Cn3cccn3)cc2)nc1. The molecule has 128 valence electrons. The van der Waals surface area contributed by atoms with Gasteiger partial charge in [0.25, 0.3) is 0 Å². The fraction of sp³-hybridized carbons (Fsp3) is 0.333. The summed E-state index contributed by atoms with van der Waals surface area (Å²) < 4.78 is 1.96. The molecule has 1 unspecified atom stereocenters. The van der Waals surface area contributed by atoms with E-state index in [1.54, 1.807) is 0 Å². The second-order valence-corrected chi connectivity index (χ2v) is 6.76. The van der Waals surface area contributed by atoms with Gasteiger partial charge in [0.05, 0.1) is 18.3 Å². The zero-order chi connectivity index (χ0) is 16.9. The minimum Gasteiger partial charge on any atom is -0.291 e. The highest BCUT2D eigenvalue weighted by Crippen LogP contribution is 2.30. The summed E-state index contributed by atoms with van der Waals surface area (Å²) in [5.74, 6) is 0. The summed E-state index contributed by atoms with van der Waals surface area (Å²) >= 11 is 0. The first-order valence-corrected chi connectivity index (χ1v) is 9.09. The molecule has 1 atom stereocenters. The molecule has 0 spiro atoms. The number of likely N-dealkylation sites (tertiary alicyclic amines) is 1. The van der Waals surface area contributed by atoms with Gasteiger partial charge in [0.2, 0.25) is 0 Å². The standard InChI is InChI=1S/C21H24N4/c1-3-12-22-20(6-1)21-7-2-4-14-24(21)16-18-8-10-19(11-9-18)17-25-15-5-13-23-25/h1,3,5-6,8-13,15,21H,2,4,7,14,16-17H2. The molecule has 1 aliphatic rings. The first-order valence-electron chi connectivity index (χ1n) is 9.09. The molecule has 0 radical (unpaired) electrons. The highest BCUT2D eigenvalue weighted by atomic mass is 15.3. The highest BCUT2D eigenvalue weighted by Gasteiger charge is 2.24. The van der Waals surface area contributed by atoms with Gasteiger partial charge >= 0.3 is 0 Å². The monoisotopic (exact) mass is 332 g/mol. The van der Waals surface area contributed by atoms with Crippen molar-refractivity contribution in [1.29, 1.82) is 0 Å². The summed E-state index contributed by atoms with van der Waals surface area (Å²) in [5, 5.41) is 4.27. The van der Waals surface area contributed by atoms with Crippen molar-refractivity contribution in [1.82, 2.24) is 19.7 Å². The summed E-state index contributed by atoms with van der Waals surface area (Å²) in [4.78, 5) is 7.18. The number of hydrogen-bond donors (Lipinski definition) is 0. The predicted octanol–water partition coefficient (Wildman–Crippen LogP) is 4.05. The number of aromatic nitrogens is 3. The van der Waals surface area contributed by atoms with Crippen molar-refractivity contribution in [3.8, 4) is 0 Å². The normalized spacial score (nSPS) is 18.3. The first-order chi connectivity index (χ1) is 12.4. The maximum Gasteiger partial charge on any atom is 0.0659 e. The Morgan fingerprint density at radius 2 is 1.72 bits per heavy atom. The molecule has 1 saturated heterocycles. The molecule has 3 heterocycles. The van der Waals surface area contributed by atoms with E-state index in [1.807, 2.05) is 35.4 Å². The van der Waals surface area contributed by atoms with Gasteiger partial charge in [0.15, 0.2) is 0 Å². The van der Waals surface area contributed by atoms with Crippen LogP contribution in [0.2, 0.25) is 0 Å². The zero-order valence-electron chi connectivity index (χ0n) is 14.5. The molecule has 3 aromatic rings. The van der Waals surface area contributed by atoms with E-state index in [9.17, 15) is 0 Å². The van der Waals surface area contributed by atoms with Crippen LogP contribution in [0.1, 0.15) is 42.1 Å². The fourth-order valence-corrected chi connectivity index (χ4v) is 3.65. The molecule has 0 amide bonds. The van der Waals surface area contributed by atoms with Gasteiger partial charge in [0.1, 0.15) is 0 Å². The molecular formula is C21H24N4. The van der Waals surface area contributed by atoms with Crippen LogP contribution in [0, 0.1) is 0 Å². The topological polar surface area (TPSA) is 34.0 Å². The Morgan fingerprint density at radius 1 is 0.880 bits per heavy atom. The van der Waals surface area contributed by atoms with Crippen LogP contribution < -0.4 is 0 Å². The van der Waals surface area contributed by atoms with E-state index in [-0.39, 0.29) is 0 Å². The highest BCUT2D eigenvalue weighted by molar-refractivity contribution is 5.23. The van der Waals surface area contributed by atoms with Crippen molar-refractivity contribution < 1.29 is 0 Å². The van der Waals surface area contributed by atoms with E-state index in [0.29, 0.717) is 6.04 Å². The van der Waals surface area contributed by atoms with Crippen molar-refractivity contribution in [3.05, 3.63) is 83.9 Å². The Bertz CT molecular complexity index is 765. The van der Waals surface area contributed by atoms with E-state index >= 15 is 0 Å². The molecule has 1 aliphatic heterocycles. The third-order valence-electron chi connectivity index (χ3n) is 4.96. The average Bonchev–Trinajstić information content (AvgIpc) is 3.18. The van der Waals surface area contributed by atoms with Crippen LogP contribution in [0.3, 0.4) is 0 Å². The third-order valence-corrected chi connectivity index (χ3v) is 4.96. The van der Waals surface area contributed by atoms with Crippen LogP contribution >= 0.6 is 0 Å². The van der Waals surface area contributed by atoms with Crippen molar-refractivity contribution in [2.24, 2.45) is 0 Å². The van der Waals surface area contributed by atoms with E-state index in [2.05, 4.69) is 51.4 Å². The van der Waals surface area contributed by atoms with E-state index in [1.165, 1.54) is 36.1 Å². The number of nitrogens with zero attached hydrogens (tertiary/aromatic N) is 4. The summed E-state index contributed by atoms with van der Waals surface area (Å²) in [5.41, 5.74) is 3.86. The lowest BCUT2D eigenvalue weighted by Gasteiger charge is -2.35. The fourth-order valence-electron chi connectivity index (χ4n) is 3.65. The molecule has 2 aromatic heterocycles. The number of hydrogen-bond acceptors (Lipinski definition) is 3. The molecule has 4 rings (SSSR count). The van der Waals surface area contributed by atoms with Gasteiger partial charge in [-0.05, 0) is 48.7 Å². The predicted molar refractivity (Wildman–Crippen MR) is 99.0 cm³/mol. The molecule has 0 N–H and O–H groups in total. The maximum atomic E-state index is 4.60. The van der Waals surface area contributed by atoms with Gasteiger partial charge < -0.3 is 0 Å². The lowest BCUT2D eigenvalue weighted by Crippen LogP contribution is -2.33. The first kappa shape index (κ1) is 16.0. The number of rotatable bonds is 5. The summed E-state index contributed by atoms with van der Waals surface area (Å²) in [7, 11) is 0.